The molecule has 2 rings (SSSR count). The number of hydrogen-bond acceptors (Lipinski definition) is 3. The second-order valence-electron chi connectivity index (χ2n) is 5.09. The van der Waals surface area contributed by atoms with Crippen LogP contribution >= 0.6 is 0 Å². The molecular formula is C13H22N2O. The van der Waals surface area contributed by atoms with Gasteiger partial charge in [-0.25, -0.2) is 0 Å². The molecule has 2 atom stereocenters. The summed E-state index contributed by atoms with van der Waals surface area (Å²) in [7, 11) is 2.19. The Labute approximate surface area is 97.8 Å². The van der Waals surface area contributed by atoms with Gasteiger partial charge >= 0.3 is 0 Å². The molecule has 1 aliphatic rings. The first-order valence-corrected chi connectivity index (χ1v) is 6.09. The van der Waals surface area contributed by atoms with Gasteiger partial charge in [0.15, 0.2) is 0 Å². The van der Waals surface area contributed by atoms with Crippen molar-refractivity contribution in [1.29, 1.82) is 0 Å². The largest absolute Gasteiger partial charge is 0.469 e. The average Bonchev–Trinajstić information content (AvgIpc) is 2.79. The van der Waals surface area contributed by atoms with Crippen molar-refractivity contribution in [1.82, 2.24) is 10.2 Å². The molecule has 1 N–H and O–H groups in total. The summed E-state index contributed by atoms with van der Waals surface area (Å²) in [4.78, 5) is 2.39. The SMILES string of the molecule is Cc1occc1CN(C)CC1CNCC1C. The van der Waals surface area contributed by atoms with Gasteiger partial charge in [0.25, 0.3) is 0 Å². The van der Waals surface area contributed by atoms with Crippen molar-refractivity contribution in [3.63, 3.8) is 0 Å². The molecule has 0 saturated carbocycles. The van der Waals surface area contributed by atoms with Crippen molar-refractivity contribution in [2.24, 2.45) is 11.8 Å². The standard InChI is InChI=1S/C13H22N2O/c1-10-6-14-7-13(10)9-15(3)8-12-4-5-16-11(12)2/h4-5,10,13-14H,6-9H2,1-3H3. The van der Waals surface area contributed by atoms with E-state index in [-0.39, 0.29) is 0 Å². The molecule has 1 saturated heterocycles. The first-order chi connectivity index (χ1) is 7.66. The zero-order chi connectivity index (χ0) is 11.5. The summed E-state index contributed by atoms with van der Waals surface area (Å²) in [5, 5.41) is 3.45. The average molecular weight is 222 g/mol. The molecule has 3 nitrogen and oxygen atoms in total. The van der Waals surface area contributed by atoms with Crippen LogP contribution in [0.25, 0.3) is 0 Å². The first-order valence-electron chi connectivity index (χ1n) is 6.09. The molecule has 0 bridgehead atoms. The molecule has 0 radical (unpaired) electrons. The topological polar surface area (TPSA) is 28.4 Å². The Morgan fingerprint density at radius 2 is 2.31 bits per heavy atom. The van der Waals surface area contributed by atoms with E-state index in [0.29, 0.717) is 0 Å². The summed E-state index contributed by atoms with van der Waals surface area (Å²) < 4.78 is 5.32. The molecule has 3 heteroatoms. The predicted octanol–water partition coefficient (Wildman–Crippen LogP) is 1.88. The maximum absolute atomic E-state index is 5.32. The zero-order valence-corrected chi connectivity index (χ0v) is 10.5. The molecule has 1 aromatic heterocycles. The number of hydrogen-bond donors (Lipinski definition) is 1. The monoisotopic (exact) mass is 222 g/mol. The smallest absolute Gasteiger partial charge is 0.105 e. The van der Waals surface area contributed by atoms with Crippen LogP contribution in [0.4, 0.5) is 0 Å². The van der Waals surface area contributed by atoms with Crippen LogP contribution in [0.1, 0.15) is 18.2 Å². The summed E-state index contributed by atoms with van der Waals surface area (Å²) in [6.07, 6.45) is 1.78. The lowest BCUT2D eigenvalue weighted by molar-refractivity contribution is 0.251. The summed E-state index contributed by atoms with van der Waals surface area (Å²) >= 11 is 0. The minimum Gasteiger partial charge on any atom is -0.469 e. The normalized spacial score (nSPS) is 25.5. The molecule has 0 amide bonds. The number of furan rings is 1. The van der Waals surface area contributed by atoms with E-state index in [4.69, 9.17) is 4.42 Å². The van der Waals surface area contributed by atoms with Gasteiger partial charge in [0.2, 0.25) is 0 Å². The molecule has 0 aromatic carbocycles. The molecule has 1 aliphatic heterocycles. The lowest BCUT2D eigenvalue weighted by atomic mass is 9.97. The van der Waals surface area contributed by atoms with E-state index in [1.165, 1.54) is 18.7 Å². The van der Waals surface area contributed by atoms with Crippen molar-refractivity contribution in [3.05, 3.63) is 23.7 Å². The van der Waals surface area contributed by atoms with E-state index in [1.54, 1.807) is 6.26 Å². The molecule has 1 aromatic rings. The summed E-state index contributed by atoms with van der Waals surface area (Å²) in [6, 6.07) is 2.07. The fraction of sp³-hybridized carbons (Fsp3) is 0.692. The van der Waals surface area contributed by atoms with E-state index in [0.717, 1.165) is 30.7 Å². The van der Waals surface area contributed by atoms with Crippen LogP contribution in [-0.4, -0.2) is 31.6 Å². The van der Waals surface area contributed by atoms with E-state index in [2.05, 4.69) is 30.3 Å². The highest BCUT2D eigenvalue weighted by Crippen LogP contribution is 2.18. The van der Waals surface area contributed by atoms with Crippen LogP contribution in [-0.2, 0) is 6.54 Å². The second-order valence-corrected chi connectivity index (χ2v) is 5.09. The van der Waals surface area contributed by atoms with Gasteiger partial charge in [0.05, 0.1) is 6.26 Å². The zero-order valence-electron chi connectivity index (χ0n) is 10.5. The highest BCUT2D eigenvalue weighted by atomic mass is 16.3. The summed E-state index contributed by atoms with van der Waals surface area (Å²) in [5.74, 6) is 2.63. The molecule has 0 spiro atoms. The highest BCUT2D eigenvalue weighted by molar-refractivity contribution is 5.15. The maximum atomic E-state index is 5.32. The first kappa shape index (κ1) is 11.7. The van der Waals surface area contributed by atoms with E-state index >= 15 is 0 Å². The lowest BCUT2D eigenvalue weighted by Gasteiger charge is -2.22. The van der Waals surface area contributed by atoms with Crippen LogP contribution < -0.4 is 5.32 Å². The van der Waals surface area contributed by atoms with Crippen LogP contribution in [0.15, 0.2) is 16.7 Å². The molecule has 2 unspecified atom stereocenters. The molecule has 90 valence electrons. The van der Waals surface area contributed by atoms with E-state index < -0.39 is 0 Å². The third kappa shape index (κ3) is 2.66. The van der Waals surface area contributed by atoms with E-state index in [9.17, 15) is 0 Å². The van der Waals surface area contributed by atoms with Gasteiger partial charge in [0.1, 0.15) is 5.76 Å². The molecule has 2 heterocycles. The van der Waals surface area contributed by atoms with Gasteiger partial charge in [-0.1, -0.05) is 6.92 Å². The van der Waals surface area contributed by atoms with E-state index in [1.807, 2.05) is 6.92 Å². The molecule has 1 fully saturated rings. The van der Waals surface area contributed by atoms with Gasteiger partial charge in [0, 0.05) is 18.7 Å². The number of nitrogens with one attached hydrogen (secondary N) is 1. The van der Waals surface area contributed by atoms with Crippen molar-refractivity contribution < 1.29 is 4.42 Å². The third-order valence-corrected chi connectivity index (χ3v) is 3.63. The van der Waals surface area contributed by atoms with Crippen LogP contribution in [0.5, 0.6) is 0 Å². The van der Waals surface area contributed by atoms with Gasteiger partial charge < -0.3 is 14.6 Å². The number of rotatable bonds is 4. The third-order valence-electron chi connectivity index (χ3n) is 3.63. The Bertz CT molecular complexity index is 334. The molecule has 16 heavy (non-hydrogen) atoms. The van der Waals surface area contributed by atoms with Gasteiger partial charge in [-0.3, -0.25) is 0 Å². The Morgan fingerprint density at radius 3 is 2.88 bits per heavy atom. The summed E-state index contributed by atoms with van der Waals surface area (Å²) in [5.41, 5.74) is 1.31. The van der Waals surface area contributed by atoms with Gasteiger partial charge in [-0.05, 0) is 45.0 Å². The Morgan fingerprint density at radius 1 is 1.50 bits per heavy atom. The predicted molar refractivity (Wildman–Crippen MR) is 65.3 cm³/mol. The van der Waals surface area contributed by atoms with Crippen molar-refractivity contribution in [2.45, 2.75) is 20.4 Å². The van der Waals surface area contributed by atoms with Crippen LogP contribution in [0.2, 0.25) is 0 Å². The number of aryl methyl sites for hydroxylation is 1. The Hall–Kier alpha value is -0.800. The fourth-order valence-electron chi connectivity index (χ4n) is 2.44. The lowest BCUT2D eigenvalue weighted by Crippen LogP contribution is -2.28. The minimum absolute atomic E-state index is 0.789. The Kier molecular flexibility index (Phi) is 3.66. The summed E-state index contributed by atoms with van der Waals surface area (Å²) in [6.45, 7) is 8.86. The maximum Gasteiger partial charge on any atom is 0.105 e. The minimum atomic E-state index is 0.789. The van der Waals surface area contributed by atoms with Crippen LogP contribution in [0.3, 0.4) is 0 Å². The van der Waals surface area contributed by atoms with Crippen LogP contribution in [0, 0.1) is 18.8 Å². The second kappa shape index (κ2) is 5.02. The van der Waals surface area contributed by atoms with Crippen molar-refractivity contribution in [3.8, 4) is 0 Å². The quantitative estimate of drug-likeness (QED) is 0.843. The van der Waals surface area contributed by atoms with Gasteiger partial charge in [-0.15, -0.1) is 0 Å². The molecular weight excluding hydrogens is 200 g/mol. The molecule has 0 aliphatic carbocycles. The van der Waals surface area contributed by atoms with Gasteiger partial charge in [-0.2, -0.15) is 0 Å². The van der Waals surface area contributed by atoms with Crippen molar-refractivity contribution in [2.75, 3.05) is 26.7 Å². The highest BCUT2D eigenvalue weighted by Gasteiger charge is 2.24. The Balaban J connectivity index is 1.84. The van der Waals surface area contributed by atoms with Crippen molar-refractivity contribution >= 4 is 0 Å². The fourth-order valence-corrected chi connectivity index (χ4v) is 2.44. The number of nitrogens with zero attached hydrogens (tertiary/aromatic N) is 1.